The van der Waals surface area contributed by atoms with Crippen molar-refractivity contribution in [3.05, 3.63) is 67.6 Å². The molecule has 2 aromatic rings. The lowest BCUT2D eigenvalue weighted by Gasteiger charge is -2.09. The first kappa shape index (κ1) is 20.8. The van der Waals surface area contributed by atoms with E-state index in [0.29, 0.717) is 20.1 Å². The van der Waals surface area contributed by atoms with Crippen LogP contribution in [0.1, 0.15) is 24.0 Å². The van der Waals surface area contributed by atoms with Crippen LogP contribution in [0.4, 0.5) is 0 Å². The van der Waals surface area contributed by atoms with Crippen LogP contribution in [0, 0.1) is 0 Å². The van der Waals surface area contributed by atoms with E-state index in [2.05, 4.69) is 10.6 Å². The molecule has 0 saturated heterocycles. The normalized spacial score (nSPS) is 10.5. The summed E-state index contributed by atoms with van der Waals surface area (Å²) >= 11 is 23.7. The van der Waals surface area contributed by atoms with E-state index in [1.54, 1.807) is 36.4 Å². The van der Waals surface area contributed by atoms with Gasteiger partial charge in [-0.1, -0.05) is 58.5 Å². The van der Waals surface area contributed by atoms with Crippen LogP contribution < -0.4 is 10.6 Å². The topological polar surface area (TPSA) is 58.2 Å². The fourth-order valence-corrected chi connectivity index (χ4v) is 3.07. The third kappa shape index (κ3) is 6.69. The maximum absolute atomic E-state index is 11.9. The van der Waals surface area contributed by atoms with Crippen molar-refractivity contribution >= 4 is 58.2 Å². The number of carbonyl (C=O) groups is 2. The van der Waals surface area contributed by atoms with Crippen LogP contribution in [-0.2, 0) is 22.7 Å². The second kappa shape index (κ2) is 10.0. The summed E-state index contributed by atoms with van der Waals surface area (Å²) in [4.78, 5) is 23.7. The molecule has 138 valence electrons. The third-order valence-electron chi connectivity index (χ3n) is 3.56. The number of carbonyl (C=O) groups excluding carboxylic acids is 2. The number of benzene rings is 2. The maximum atomic E-state index is 11.9. The molecule has 0 fully saturated rings. The Kier molecular flexibility index (Phi) is 8.04. The lowest BCUT2D eigenvalue weighted by Crippen LogP contribution is -2.27. The van der Waals surface area contributed by atoms with Crippen molar-refractivity contribution in [1.29, 1.82) is 0 Å². The smallest absolute Gasteiger partial charge is 0.220 e. The summed E-state index contributed by atoms with van der Waals surface area (Å²) in [5, 5.41) is 7.47. The average Bonchev–Trinajstić information content (AvgIpc) is 2.58. The van der Waals surface area contributed by atoms with Gasteiger partial charge in [-0.2, -0.15) is 0 Å². The molecule has 0 aliphatic carbocycles. The van der Waals surface area contributed by atoms with Crippen molar-refractivity contribution in [1.82, 2.24) is 10.6 Å². The molecule has 2 rings (SSSR count). The number of halogens is 4. The highest BCUT2D eigenvalue weighted by Crippen LogP contribution is 2.21. The minimum Gasteiger partial charge on any atom is -0.352 e. The summed E-state index contributed by atoms with van der Waals surface area (Å²) in [5.41, 5.74) is 1.51. The highest BCUT2D eigenvalue weighted by molar-refractivity contribution is 6.35. The van der Waals surface area contributed by atoms with E-state index in [9.17, 15) is 9.59 Å². The molecule has 0 aliphatic rings. The average molecular weight is 434 g/mol. The van der Waals surface area contributed by atoms with Crippen molar-refractivity contribution in [3.8, 4) is 0 Å². The van der Waals surface area contributed by atoms with Crippen LogP contribution in [-0.4, -0.2) is 11.8 Å². The van der Waals surface area contributed by atoms with Gasteiger partial charge in [0.15, 0.2) is 0 Å². The quantitative estimate of drug-likeness (QED) is 0.644. The fraction of sp³-hybridized carbons (Fsp3) is 0.222. The van der Waals surface area contributed by atoms with Gasteiger partial charge < -0.3 is 10.6 Å². The SMILES string of the molecule is O=C(CCC(=O)NCc1ccc(Cl)cc1Cl)NCc1ccc(Cl)cc1Cl. The van der Waals surface area contributed by atoms with Crippen LogP contribution in [0.5, 0.6) is 0 Å². The molecule has 0 radical (unpaired) electrons. The lowest BCUT2D eigenvalue weighted by atomic mass is 10.2. The monoisotopic (exact) mass is 432 g/mol. The molecule has 0 aliphatic heterocycles. The van der Waals surface area contributed by atoms with Gasteiger partial charge in [-0.05, 0) is 35.4 Å². The van der Waals surface area contributed by atoms with E-state index in [1.165, 1.54) is 0 Å². The first-order chi connectivity index (χ1) is 12.3. The van der Waals surface area contributed by atoms with Crippen LogP contribution in [0.15, 0.2) is 36.4 Å². The molecule has 0 heterocycles. The second-order valence-electron chi connectivity index (χ2n) is 5.52. The van der Waals surface area contributed by atoms with Crippen LogP contribution in [0.2, 0.25) is 20.1 Å². The van der Waals surface area contributed by atoms with Gasteiger partial charge in [-0.15, -0.1) is 0 Å². The Morgan fingerprint density at radius 2 is 1.08 bits per heavy atom. The zero-order valence-electron chi connectivity index (χ0n) is 13.6. The van der Waals surface area contributed by atoms with E-state index in [1.807, 2.05) is 0 Å². The minimum absolute atomic E-state index is 0.0748. The zero-order valence-corrected chi connectivity index (χ0v) is 16.6. The van der Waals surface area contributed by atoms with Gasteiger partial charge in [0.2, 0.25) is 11.8 Å². The molecule has 2 N–H and O–H groups in total. The van der Waals surface area contributed by atoms with Crippen molar-refractivity contribution < 1.29 is 9.59 Å². The van der Waals surface area contributed by atoms with Gasteiger partial charge >= 0.3 is 0 Å². The molecule has 0 spiro atoms. The molecule has 0 unspecified atom stereocenters. The highest BCUT2D eigenvalue weighted by Gasteiger charge is 2.09. The second-order valence-corrected chi connectivity index (χ2v) is 7.21. The summed E-state index contributed by atoms with van der Waals surface area (Å²) in [6.07, 6.45) is 0.150. The number of nitrogens with one attached hydrogen (secondary N) is 2. The Hall–Kier alpha value is -1.46. The zero-order chi connectivity index (χ0) is 19.1. The van der Waals surface area contributed by atoms with E-state index in [-0.39, 0.29) is 37.7 Å². The predicted octanol–water partition coefficient (Wildman–Crippen LogP) is 5.01. The predicted molar refractivity (Wildman–Crippen MR) is 106 cm³/mol. The summed E-state index contributed by atoms with van der Waals surface area (Å²) < 4.78 is 0. The first-order valence-electron chi connectivity index (χ1n) is 7.76. The van der Waals surface area contributed by atoms with Gasteiger partial charge in [0.05, 0.1) is 0 Å². The van der Waals surface area contributed by atoms with Crippen molar-refractivity contribution in [3.63, 3.8) is 0 Å². The van der Waals surface area contributed by atoms with E-state index < -0.39 is 0 Å². The van der Waals surface area contributed by atoms with Gasteiger partial charge in [-0.3, -0.25) is 9.59 Å². The van der Waals surface area contributed by atoms with Crippen LogP contribution in [0.25, 0.3) is 0 Å². The lowest BCUT2D eigenvalue weighted by molar-refractivity contribution is -0.126. The van der Waals surface area contributed by atoms with Gasteiger partial charge in [0.1, 0.15) is 0 Å². The Morgan fingerprint density at radius 3 is 1.42 bits per heavy atom. The molecular weight excluding hydrogens is 418 g/mol. The van der Waals surface area contributed by atoms with E-state index >= 15 is 0 Å². The molecule has 0 bridgehead atoms. The summed E-state index contributed by atoms with van der Waals surface area (Å²) in [6.45, 7) is 0.549. The van der Waals surface area contributed by atoms with Gasteiger partial charge in [0.25, 0.3) is 0 Å². The molecule has 4 nitrogen and oxygen atoms in total. The summed E-state index contributed by atoms with van der Waals surface area (Å²) in [5.74, 6) is -0.480. The van der Waals surface area contributed by atoms with Gasteiger partial charge in [0, 0.05) is 46.0 Å². The molecule has 26 heavy (non-hydrogen) atoms. The molecule has 8 heteroatoms. The molecule has 0 atom stereocenters. The summed E-state index contributed by atoms with van der Waals surface area (Å²) in [6, 6.07) is 10.1. The highest BCUT2D eigenvalue weighted by atomic mass is 35.5. The molecule has 2 aromatic carbocycles. The Morgan fingerprint density at radius 1 is 0.692 bits per heavy atom. The maximum Gasteiger partial charge on any atom is 0.220 e. The van der Waals surface area contributed by atoms with Crippen molar-refractivity contribution in [2.45, 2.75) is 25.9 Å². The first-order valence-corrected chi connectivity index (χ1v) is 9.27. The fourth-order valence-electron chi connectivity index (χ4n) is 2.12. The van der Waals surface area contributed by atoms with Crippen molar-refractivity contribution in [2.75, 3.05) is 0 Å². The molecular formula is C18H16Cl4N2O2. The van der Waals surface area contributed by atoms with E-state index in [4.69, 9.17) is 46.4 Å². The van der Waals surface area contributed by atoms with Crippen LogP contribution >= 0.6 is 46.4 Å². The standard InChI is InChI=1S/C18H16Cl4N2O2/c19-13-3-1-11(15(21)7-13)9-23-17(25)5-6-18(26)24-10-12-2-4-14(20)8-16(12)22/h1-4,7-8H,5-6,9-10H2,(H,23,25)(H,24,26). The Balaban J connectivity index is 1.72. The minimum atomic E-state index is -0.240. The van der Waals surface area contributed by atoms with Crippen LogP contribution in [0.3, 0.4) is 0 Å². The number of hydrogen-bond donors (Lipinski definition) is 2. The number of hydrogen-bond acceptors (Lipinski definition) is 2. The third-order valence-corrected chi connectivity index (χ3v) is 4.74. The van der Waals surface area contributed by atoms with Gasteiger partial charge in [-0.25, -0.2) is 0 Å². The molecule has 0 aromatic heterocycles. The Labute approximate surface area is 171 Å². The summed E-state index contributed by atoms with van der Waals surface area (Å²) in [7, 11) is 0. The van der Waals surface area contributed by atoms with E-state index in [0.717, 1.165) is 11.1 Å². The molecule has 0 saturated carbocycles. The Bertz CT molecular complexity index is 744. The largest absolute Gasteiger partial charge is 0.352 e. The molecule has 2 amide bonds. The van der Waals surface area contributed by atoms with Crippen molar-refractivity contribution in [2.24, 2.45) is 0 Å². The number of amides is 2. The number of rotatable bonds is 7.